The van der Waals surface area contributed by atoms with Crippen LogP contribution in [0.1, 0.15) is 11.3 Å². The molecule has 0 saturated heterocycles. The van der Waals surface area contributed by atoms with Gasteiger partial charge in [-0.05, 0) is 17.7 Å². The lowest BCUT2D eigenvalue weighted by molar-refractivity contribution is -0.384. The van der Waals surface area contributed by atoms with Crippen molar-refractivity contribution < 1.29 is 9.34 Å². The van der Waals surface area contributed by atoms with Crippen LogP contribution >= 0.6 is 0 Å². The van der Waals surface area contributed by atoms with Crippen LogP contribution in [0, 0.1) is 10.1 Å². The van der Waals surface area contributed by atoms with Crippen LogP contribution in [-0.2, 0) is 6.42 Å². The van der Waals surface area contributed by atoms with Crippen LogP contribution in [0.15, 0.2) is 59.0 Å². The molecule has 1 heterocycles. The first kappa shape index (κ1) is 11.5. The van der Waals surface area contributed by atoms with Crippen molar-refractivity contribution in [2.24, 2.45) is 0 Å². The molecule has 0 radical (unpaired) electrons. The highest BCUT2D eigenvalue weighted by molar-refractivity contribution is 5.80. The Kier molecular flexibility index (Phi) is 2.76. The molecule has 94 valence electrons. The van der Waals surface area contributed by atoms with E-state index in [1.807, 2.05) is 36.4 Å². The molecule has 0 bridgehead atoms. The van der Waals surface area contributed by atoms with Crippen molar-refractivity contribution in [3.63, 3.8) is 0 Å². The summed E-state index contributed by atoms with van der Waals surface area (Å²) in [5.74, 6) is 0.807. The van der Waals surface area contributed by atoms with Crippen molar-refractivity contribution in [3.8, 4) is 0 Å². The third kappa shape index (κ3) is 2.33. The SMILES string of the molecule is O=[N+]([O-])c1ccc2oc(Cc3ccccc3)cc2c1. The summed E-state index contributed by atoms with van der Waals surface area (Å²) in [4.78, 5) is 10.3. The number of hydrogen-bond acceptors (Lipinski definition) is 3. The van der Waals surface area contributed by atoms with Gasteiger partial charge in [0, 0.05) is 23.9 Å². The van der Waals surface area contributed by atoms with Crippen molar-refractivity contribution in [1.82, 2.24) is 0 Å². The van der Waals surface area contributed by atoms with E-state index < -0.39 is 4.92 Å². The summed E-state index contributed by atoms with van der Waals surface area (Å²) in [5.41, 5.74) is 1.91. The molecule has 0 N–H and O–H groups in total. The number of nitro groups is 1. The first-order chi connectivity index (χ1) is 9.22. The van der Waals surface area contributed by atoms with E-state index in [4.69, 9.17) is 4.42 Å². The fourth-order valence-electron chi connectivity index (χ4n) is 2.08. The van der Waals surface area contributed by atoms with Gasteiger partial charge in [0.25, 0.3) is 5.69 Å². The Morgan fingerprint density at radius 1 is 1.05 bits per heavy atom. The van der Waals surface area contributed by atoms with Crippen LogP contribution in [0.4, 0.5) is 5.69 Å². The second kappa shape index (κ2) is 4.57. The minimum atomic E-state index is -0.399. The second-order valence-electron chi connectivity index (χ2n) is 4.35. The minimum absolute atomic E-state index is 0.0829. The predicted octanol–water partition coefficient (Wildman–Crippen LogP) is 3.93. The third-order valence-corrected chi connectivity index (χ3v) is 2.98. The molecule has 3 rings (SSSR count). The Balaban J connectivity index is 1.95. The third-order valence-electron chi connectivity index (χ3n) is 2.98. The molecule has 0 fully saturated rings. The molecule has 4 nitrogen and oxygen atoms in total. The highest BCUT2D eigenvalue weighted by atomic mass is 16.6. The lowest BCUT2D eigenvalue weighted by atomic mass is 10.1. The van der Waals surface area contributed by atoms with E-state index in [1.54, 1.807) is 6.07 Å². The molecule has 4 heteroatoms. The summed E-state index contributed by atoms with van der Waals surface area (Å²) in [5, 5.41) is 11.5. The normalized spacial score (nSPS) is 10.7. The van der Waals surface area contributed by atoms with Gasteiger partial charge in [-0.15, -0.1) is 0 Å². The van der Waals surface area contributed by atoms with Crippen LogP contribution in [-0.4, -0.2) is 4.92 Å². The molecule has 0 spiro atoms. The molecule has 2 aromatic carbocycles. The van der Waals surface area contributed by atoms with E-state index >= 15 is 0 Å². The Bertz CT molecular complexity index is 731. The number of nitrogens with zero attached hydrogens (tertiary/aromatic N) is 1. The van der Waals surface area contributed by atoms with Crippen molar-refractivity contribution in [3.05, 3.63) is 76.0 Å². The van der Waals surface area contributed by atoms with Crippen molar-refractivity contribution in [1.29, 1.82) is 0 Å². The van der Waals surface area contributed by atoms with E-state index in [-0.39, 0.29) is 5.69 Å². The number of fused-ring (bicyclic) bond motifs is 1. The summed E-state index contributed by atoms with van der Waals surface area (Å²) in [6.45, 7) is 0. The Labute approximate surface area is 109 Å². The quantitative estimate of drug-likeness (QED) is 0.525. The van der Waals surface area contributed by atoms with Crippen molar-refractivity contribution in [2.75, 3.05) is 0 Å². The maximum absolute atomic E-state index is 10.7. The first-order valence-corrected chi connectivity index (χ1v) is 5.93. The van der Waals surface area contributed by atoms with Gasteiger partial charge in [0.1, 0.15) is 11.3 Å². The molecule has 1 aromatic heterocycles. The molecule has 0 aliphatic heterocycles. The Morgan fingerprint density at radius 2 is 1.84 bits per heavy atom. The standard InChI is InChI=1S/C15H11NO3/c17-16(18)13-6-7-15-12(9-13)10-14(19-15)8-11-4-2-1-3-5-11/h1-7,9-10H,8H2. The zero-order valence-corrected chi connectivity index (χ0v) is 10.1. The summed E-state index contributed by atoms with van der Waals surface area (Å²) in [6, 6.07) is 16.4. The van der Waals surface area contributed by atoms with Gasteiger partial charge in [0.05, 0.1) is 4.92 Å². The van der Waals surface area contributed by atoms with E-state index in [0.29, 0.717) is 12.0 Å². The number of furan rings is 1. The summed E-state index contributed by atoms with van der Waals surface area (Å²) in [6.07, 6.45) is 0.684. The average molecular weight is 253 g/mol. The molecule has 0 aliphatic rings. The maximum Gasteiger partial charge on any atom is 0.270 e. The zero-order chi connectivity index (χ0) is 13.2. The molecular formula is C15H11NO3. The zero-order valence-electron chi connectivity index (χ0n) is 10.1. The number of nitro benzene ring substituents is 1. The van der Waals surface area contributed by atoms with E-state index in [2.05, 4.69) is 0 Å². The van der Waals surface area contributed by atoms with E-state index in [0.717, 1.165) is 16.7 Å². The molecule has 0 unspecified atom stereocenters. The van der Waals surface area contributed by atoms with Gasteiger partial charge >= 0.3 is 0 Å². The fourth-order valence-corrected chi connectivity index (χ4v) is 2.08. The van der Waals surface area contributed by atoms with Crippen LogP contribution in [0.5, 0.6) is 0 Å². The molecule has 3 aromatic rings. The smallest absolute Gasteiger partial charge is 0.270 e. The van der Waals surface area contributed by atoms with E-state index in [1.165, 1.54) is 12.1 Å². The van der Waals surface area contributed by atoms with Gasteiger partial charge in [0.15, 0.2) is 0 Å². The van der Waals surface area contributed by atoms with Gasteiger partial charge in [-0.3, -0.25) is 10.1 Å². The lowest BCUT2D eigenvalue weighted by Gasteiger charge is -1.96. The minimum Gasteiger partial charge on any atom is -0.461 e. The summed E-state index contributed by atoms with van der Waals surface area (Å²) in [7, 11) is 0. The van der Waals surface area contributed by atoms with Crippen molar-refractivity contribution >= 4 is 16.7 Å². The van der Waals surface area contributed by atoms with Gasteiger partial charge < -0.3 is 4.42 Å². The molecule has 0 saturated carbocycles. The monoisotopic (exact) mass is 253 g/mol. The van der Waals surface area contributed by atoms with Crippen molar-refractivity contribution in [2.45, 2.75) is 6.42 Å². The fraction of sp³-hybridized carbons (Fsp3) is 0.0667. The summed E-state index contributed by atoms with van der Waals surface area (Å²) >= 11 is 0. The largest absolute Gasteiger partial charge is 0.461 e. The number of non-ortho nitro benzene ring substituents is 1. The molecule has 0 amide bonds. The maximum atomic E-state index is 10.7. The Morgan fingerprint density at radius 3 is 2.58 bits per heavy atom. The van der Waals surface area contributed by atoms with Crippen LogP contribution in [0.2, 0.25) is 0 Å². The van der Waals surface area contributed by atoms with Gasteiger partial charge in [-0.1, -0.05) is 30.3 Å². The molecule has 0 atom stereocenters. The number of rotatable bonds is 3. The Hall–Kier alpha value is -2.62. The highest BCUT2D eigenvalue weighted by Crippen LogP contribution is 2.25. The predicted molar refractivity (Wildman–Crippen MR) is 72.1 cm³/mol. The van der Waals surface area contributed by atoms with Crippen LogP contribution < -0.4 is 0 Å². The topological polar surface area (TPSA) is 56.3 Å². The molecular weight excluding hydrogens is 242 g/mol. The van der Waals surface area contributed by atoms with Crippen LogP contribution in [0.3, 0.4) is 0 Å². The van der Waals surface area contributed by atoms with Crippen LogP contribution in [0.25, 0.3) is 11.0 Å². The van der Waals surface area contributed by atoms with Gasteiger partial charge in [0.2, 0.25) is 0 Å². The van der Waals surface area contributed by atoms with Gasteiger partial charge in [-0.2, -0.15) is 0 Å². The second-order valence-corrected chi connectivity index (χ2v) is 4.35. The first-order valence-electron chi connectivity index (χ1n) is 5.93. The lowest BCUT2D eigenvalue weighted by Crippen LogP contribution is -1.85. The van der Waals surface area contributed by atoms with E-state index in [9.17, 15) is 10.1 Å². The molecule has 0 aliphatic carbocycles. The number of benzene rings is 2. The number of hydrogen-bond donors (Lipinski definition) is 0. The average Bonchev–Trinajstić information content (AvgIpc) is 2.80. The molecule has 19 heavy (non-hydrogen) atoms. The van der Waals surface area contributed by atoms with Gasteiger partial charge in [-0.25, -0.2) is 0 Å². The summed E-state index contributed by atoms with van der Waals surface area (Å²) < 4.78 is 5.68. The highest BCUT2D eigenvalue weighted by Gasteiger charge is 2.10.